The van der Waals surface area contributed by atoms with Crippen molar-refractivity contribution in [3.05, 3.63) is 38.6 Å². The fourth-order valence-electron chi connectivity index (χ4n) is 2.30. The van der Waals surface area contributed by atoms with Gasteiger partial charge in [-0.15, -0.1) is 0 Å². The van der Waals surface area contributed by atoms with Crippen LogP contribution in [0.5, 0.6) is 5.75 Å². The first-order valence-electron chi connectivity index (χ1n) is 5.70. The molecule has 0 fully saturated rings. The van der Waals surface area contributed by atoms with Crippen LogP contribution < -0.4 is 4.74 Å². The van der Waals surface area contributed by atoms with Gasteiger partial charge in [-0.2, -0.15) is 5.10 Å². The summed E-state index contributed by atoms with van der Waals surface area (Å²) in [5, 5.41) is 15.4. The number of halogens is 1. The van der Waals surface area contributed by atoms with Crippen molar-refractivity contribution >= 4 is 21.6 Å². The second-order valence-electron chi connectivity index (χ2n) is 4.29. The predicted molar refractivity (Wildman–Crippen MR) is 72.2 cm³/mol. The maximum atomic E-state index is 11.1. The van der Waals surface area contributed by atoms with E-state index in [9.17, 15) is 10.1 Å². The third kappa shape index (κ3) is 1.90. The van der Waals surface area contributed by atoms with Crippen molar-refractivity contribution in [3.8, 4) is 16.9 Å². The lowest BCUT2D eigenvalue weighted by Crippen LogP contribution is -2.05. The number of benzene rings is 1. The lowest BCUT2D eigenvalue weighted by Gasteiger charge is -2.08. The van der Waals surface area contributed by atoms with E-state index in [1.165, 1.54) is 6.07 Å². The molecular weight excluding hydrogens is 314 g/mol. The van der Waals surface area contributed by atoms with E-state index < -0.39 is 4.92 Å². The molecule has 19 heavy (non-hydrogen) atoms. The Bertz CT molecular complexity index is 681. The number of hydrogen-bond donors (Lipinski definition) is 0. The lowest BCUT2D eigenvalue weighted by molar-refractivity contribution is -0.385. The summed E-state index contributed by atoms with van der Waals surface area (Å²) < 4.78 is 8.02. The standard InChI is InChI=1S/C12H10BrN3O3/c1-15-10-2-3-19-12-8(9(10)6-14-15)4-7(13)5-11(12)16(17)18/h4-6H,2-3H2,1H3. The zero-order valence-corrected chi connectivity index (χ0v) is 11.7. The zero-order chi connectivity index (χ0) is 13.6. The molecular formula is C12H10BrN3O3. The molecule has 2 aromatic rings. The number of nitro benzene ring substituents is 1. The van der Waals surface area contributed by atoms with Gasteiger partial charge < -0.3 is 4.74 Å². The first kappa shape index (κ1) is 12.2. The van der Waals surface area contributed by atoms with Crippen molar-refractivity contribution in [1.29, 1.82) is 0 Å². The minimum absolute atomic E-state index is 0.0268. The Morgan fingerprint density at radius 3 is 3.00 bits per heavy atom. The van der Waals surface area contributed by atoms with E-state index in [1.54, 1.807) is 10.9 Å². The molecule has 98 valence electrons. The minimum Gasteiger partial charge on any atom is -0.486 e. The van der Waals surface area contributed by atoms with E-state index in [1.807, 2.05) is 13.1 Å². The highest BCUT2D eigenvalue weighted by atomic mass is 79.9. The summed E-state index contributed by atoms with van der Waals surface area (Å²) in [6.07, 6.45) is 2.40. The van der Waals surface area contributed by atoms with Gasteiger partial charge in [0.25, 0.3) is 0 Å². The molecule has 1 aliphatic rings. The van der Waals surface area contributed by atoms with E-state index in [0.717, 1.165) is 11.3 Å². The molecule has 0 unspecified atom stereocenters. The van der Waals surface area contributed by atoms with Crippen LogP contribution in [0.4, 0.5) is 5.69 Å². The molecule has 2 heterocycles. The van der Waals surface area contributed by atoms with Crippen LogP contribution in [0.25, 0.3) is 11.1 Å². The normalized spacial score (nSPS) is 13.2. The van der Waals surface area contributed by atoms with Gasteiger partial charge in [0, 0.05) is 40.8 Å². The van der Waals surface area contributed by atoms with E-state index in [-0.39, 0.29) is 5.69 Å². The number of fused-ring (bicyclic) bond motifs is 3. The van der Waals surface area contributed by atoms with Crippen molar-refractivity contribution in [2.75, 3.05) is 6.61 Å². The summed E-state index contributed by atoms with van der Waals surface area (Å²) in [4.78, 5) is 10.7. The molecule has 1 aromatic heterocycles. The SMILES string of the molecule is Cn1ncc2c1CCOc1c-2cc(Br)cc1[N+](=O)[O-]. The molecule has 7 heteroatoms. The number of ether oxygens (including phenoxy) is 1. The van der Waals surface area contributed by atoms with Crippen LogP contribution in [0.1, 0.15) is 5.69 Å². The zero-order valence-electron chi connectivity index (χ0n) is 10.1. The van der Waals surface area contributed by atoms with Crippen molar-refractivity contribution in [3.63, 3.8) is 0 Å². The molecule has 6 nitrogen and oxygen atoms in total. The Morgan fingerprint density at radius 1 is 1.47 bits per heavy atom. The van der Waals surface area contributed by atoms with Crippen LogP contribution in [0.3, 0.4) is 0 Å². The van der Waals surface area contributed by atoms with Gasteiger partial charge in [0.15, 0.2) is 0 Å². The minimum atomic E-state index is -0.426. The van der Waals surface area contributed by atoms with Crippen molar-refractivity contribution < 1.29 is 9.66 Å². The summed E-state index contributed by atoms with van der Waals surface area (Å²) in [6.45, 7) is 0.405. The Hall–Kier alpha value is -1.89. The number of nitro groups is 1. The van der Waals surface area contributed by atoms with Gasteiger partial charge in [-0.05, 0) is 6.07 Å². The van der Waals surface area contributed by atoms with E-state index in [0.29, 0.717) is 28.8 Å². The highest BCUT2D eigenvalue weighted by Gasteiger charge is 2.27. The lowest BCUT2D eigenvalue weighted by atomic mass is 10.0. The van der Waals surface area contributed by atoms with Crippen LogP contribution >= 0.6 is 15.9 Å². The second-order valence-corrected chi connectivity index (χ2v) is 5.20. The van der Waals surface area contributed by atoms with E-state index >= 15 is 0 Å². The molecule has 0 aliphatic carbocycles. The summed E-state index contributed by atoms with van der Waals surface area (Å²) in [7, 11) is 1.86. The van der Waals surface area contributed by atoms with Crippen LogP contribution in [0, 0.1) is 10.1 Å². The van der Waals surface area contributed by atoms with Crippen LogP contribution in [0.15, 0.2) is 22.8 Å². The molecule has 0 bridgehead atoms. The van der Waals surface area contributed by atoms with Gasteiger partial charge in [0.2, 0.25) is 5.75 Å². The fourth-order valence-corrected chi connectivity index (χ4v) is 2.75. The molecule has 3 rings (SSSR count). The predicted octanol–water partition coefficient (Wildman–Crippen LogP) is 2.69. The molecule has 0 spiro atoms. The number of aryl methyl sites for hydroxylation is 1. The average Bonchev–Trinajstić information content (AvgIpc) is 2.62. The van der Waals surface area contributed by atoms with E-state index in [4.69, 9.17) is 4.74 Å². The molecule has 0 N–H and O–H groups in total. The summed E-state index contributed by atoms with van der Waals surface area (Å²) in [5.41, 5.74) is 2.59. The second kappa shape index (κ2) is 4.34. The maximum Gasteiger partial charge on any atom is 0.312 e. The van der Waals surface area contributed by atoms with Crippen molar-refractivity contribution in [1.82, 2.24) is 9.78 Å². The number of hydrogen-bond acceptors (Lipinski definition) is 4. The van der Waals surface area contributed by atoms with E-state index in [2.05, 4.69) is 21.0 Å². The molecule has 0 amide bonds. The first-order chi connectivity index (χ1) is 9.08. The van der Waals surface area contributed by atoms with Crippen LogP contribution in [-0.4, -0.2) is 21.3 Å². The quantitative estimate of drug-likeness (QED) is 0.597. The largest absolute Gasteiger partial charge is 0.486 e. The Morgan fingerprint density at radius 2 is 2.26 bits per heavy atom. The van der Waals surface area contributed by atoms with Gasteiger partial charge >= 0.3 is 5.69 Å². The molecule has 0 saturated heterocycles. The number of rotatable bonds is 1. The Kier molecular flexibility index (Phi) is 2.78. The van der Waals surface area contributed by atoms with Gasteiger partial charge in [-0.3, -0.25) is 14.8 Å². The molecule has 1 aliphatic heterocycles. The Balaban J connectivity index is 2.32. The third-order valence-corrected chi connectivity index (χ3v) is 3.63. The van der Waals surface area contributed by atoms with Gasteiger partial charge in [-0.25, -0.2) is 0 Å². The fraction of sp³-hybridized carbons (Fsp3) is 0.250. The van der Waals surface area contributed by atoms with Gasteiger partial charge in [-0.1, -0.05) is 15.9 Å². The van der Waals surface area contributed by atoms with Gasteiger partial charge in [0.1, 0.15) is 0 Å². The molecule has 0 saturated carbocycles. The monoisotopic (exact) mass is 323 g/mol. The third-order valence-electron chi connectivity index (χ3n) is 3.17. The Labute approximate surface area is 117 Å². The summed E-state index contributed by atoms with van der Waals surface area (Å²) >= 11 is 3.31. The summed E-state index contributed by atoms with van der Waals surface area (Å²) in [5.74, 6) is 0.319. The van der Waals surface area contributed by atoms with Crippen LogP contribution in [-0.2, 0) is 13.5 Å². The maximum absolute atomic E-state index is 11.1. The number of aromatic nitrogens is 2. The van der Waals surface area contributed by atoms with Crippen molar-refractivity contribution in [2.24, 2.45) is 7.05 Å². The highest BCUT2D eigenvalue weighted by Crippen LogP contribution is 2.43. The smallest absolute Gasteiger partial charge is 0.312 e. The molecule has 1 aromatic carbocycles. The van der Waals surface area contributed by atoms with Crippen molar-refractivity contribution in [2.45, 2.75) is 6.42 Å². The van der Waals surface area contributed by atoms with Gasteiger partial charge in [0.05, 0.1) is 17.7 Å². The van der Waals surface area contributed by atoms with Crippen LogP contribution in [0.2, 0.25) is 0 Å². The average molecular weight is 324 g/mol. The molecule has 0 radical (unpaired) electrons. The highest BCUT2D eigenvalue weighted by molar-refractivity contribution is 9.10. The summed E-state index contributed by atoms with van der Waals surface area (Å²) in [6, 6.07) is 3.29. The number of nitrogens with zero attached hydrogens (tertiary/aromatic N) is 3. The molecule has 0 atom stereocenters. The topological polar surface area (TPSA) is 70.2 Å². The first-order valence-corrected chi connectivity index (χ1v) is 6.49.